The van der Waals surface area contributed by atoms with Crippen molar-refractivity contribution < 1.29 is 0 Å². The predicted molar refractivity (Wildman–Crippen MR) is 62.9 cm³/mol. The van der Waals surface area contributed by atoms with Gasteiger partial charge in [0.15, 0.2) is 0 Å². The molecule has 0 aromatic heterocycles. The Morgan fingerprint density at radius 2 is 2.07 bits per heavy atom. The molecule has 0 spiro atoms. The van der Waals surface area contributed by atoms with Gasteiger partial charge in [-0.2, -0.15) is 0 Å². The van der Waals surface area contributed by atoms with Crippen molar-refractivity contribution in [2.45, 2.75) is 13.3 Å². The Morgan fingerprint density at radius 1 is 1.29 bits per heavy atom. The van der Waals surface area contributed by atoms with Gasteiger partial charge in [-0.05, 0) is 25.1 Å². The molecule has 1 aliphatic carbocycles. The lowest BCUT2D eigenvalue weighted by Crippen LogP contribution is -2.06. The van der Waals surface area contributed by atoms with Crippen LogP contribution in [0.1, 0.15) is 13.3 Å². The van der Waals surface area contributed by atoms with Crippen LogP contribution in [-0.4, -0.2) is 6.54 Å². The summed E-state index contributed by atoms with van der Waals surface area (Å²) in [4.78, 5) is 0. The standard InChI is InChI=1S/C13H17N/c1-3-14-11-10-13-8-4-6-12(2)7-5-9-13/h3-9,14H,1,10-11H2,2H3/b6-4-,7-5?,8-4?,9-5-,12-6?,12-7-,13-8+,13-9?. The molecule has 0 saturated carbocycles. The Morgan fingerprint density at radius 3 is 2.86 bits per heavy atom. The monoisotopic (exact) mass is 187 g/mol. The molecular formula is C13H17N. The molecule has 0 fully saturated rings. The highest BCUT2D eigenvalue weighted by Crippen LogP contribution is 2.08. The van der Waals surface area contributed by atoms with Crippen molar-refractivity contribution in [3.05, 3.63) is 60.4 Å². The lowest BCUT2D eigenvalue weighted by Gasteiger charge is -2.02. The highest BCUT2D eigenvalue weighted by Gasteiger charge is 1.91. The molecule has 0 radical (unpaired) electrons. The Labute approximate surface area is 86.2 Å². The topological polar surface area (TPSA) is 12.0 Å². The number of nitrogens with one attached hydrogen (secondary N) is 1. The third-order valence-corrected chi connectivity index (χ3v) is 2.04. The zero-order chi connectivity index (χ0) is 10.2. The summed E-state index contributed by atoms with van der Waals surface area (Å²) < 4.78 is 0. The minimum Gasteiger partial charge on any atom is -0.391 e. The summed E-state index contributed by atoms with van der Waals surface area (Å²) in [5.74, 6) is 0. The molecule has 0 aliphatic heterocycles. The minimum atomic E-state index is 0.941. The maximum atomic E-state index is 3.61. The molecule has 1 rings (SSSR count). The summed E-state index contributed by atoms with van der Waals surface area (Å²) in [6.45, 7) is 6.65. The third kappa shape index (κ3) is 3.94. The molecule has 0 atom stereocenters. The molecular weight excluding hydrogens is 170 g/mol. The third-order valence-electron chi connectivity index (χ3n) is 2.04. The van der Waals surface area contributed by atoms with E-state index in [0.717, 1.165) is 13.0 Å². The lowest BCUT2D eigenvalue weighted by atomic mass is 10.1. The van der Waals surface area contributed by atoms with E-state index in [-0.39, 0.29) is 0 Å². The van der Waals surface area contributed by atoms with Crippen LogP contribution in [0.5, 0.6) is 0 Å². The van der Waals surface area contributed by atoms with Gasteiger partial charge in [-0.25, -0.2) is 0 Å². The summed E-state index contributed by atoms with van der Waals surface area (Å²) >= 11 is 0. The molecule has 1 N–H and O–H groups in total. The molecule has 1 nitrogen and oxygen atoms in total. The van der Waals surface area contributed by atoms with Crippen LogP contribution in [0.2, 0.25) is 0 Å². The smallest absolute Gasteiger partial charge is 0.0181 e. The summed E-state index contributed by atoms with van der Waals surface area (Å²) in [5, 5.41) is 3.09. The van der Waals surface area contributed by atoms with Crippen molar-refractivity contribution in [2.75, 3.05) is 6.54 Å². The Bertz CT molecular complexity index is 303. The molecule has 1 aliphatic rings. The summed E-state index contributed by atoms with van der Waals surface area (Å²) in [6, 6.07) is 0. The quantitative estimate of drug-likeness (QED) is 0.667. The molecule has 0 bridgehead atoms. The van der Waals surface area contributed by atoms with E-state index in [1.165, 1.54) is 11.1 Å². The van der Waals surface area contributed by atoms with Crippen LogP contribution >= 0.6 is 0 Å². The van der Waals surface area contributed by atoms with Gasteiger partial charge in [0.1, 0.15) is 0 Å². The molecule has 0 aromatic rings. The number of hydrogen-bond acceptors (Lipinski definition) is 1. The first-order valence-electron chi connectivity index (χ1n) is 4.89. The number of allylic oxidation sites excluding steroid dienone is 7. The van der Waals surface area contributed by atoms with Crippen LogP contribution in [0.4, 0.5) is 0 Å². The van der Waals surface area contributed by atoms with Gasteiger partial charge in [0.2, 0.25) is 0 Å². The van der Waals surface area contributed by atoms with Crippen molar-refractivity contribution in [3.8, 4) is 0 Å². The highest BCUT2D eigenvalue weighted by molar-refractivity contribution is 5.34. The second-order valence-electron chi connectivity index (χ2n) is 3.28. The van der Waals surface area contributed by atoms with Crippen molar-refractivity contribution >= 4 is 0 Å². The molecule has 0 aromatic carbocycles. The fraction of sp³-hybridized carbons (Fsp3) is 0.231. The average molecular weight is 187 g/mol. The van der Waals surface area contributed by atoms with Crippen molar-refractivity contribution in [2.24, 2.45) is 0 Å². The first-order chi connectivity index (χ1) is 6.83. The maximum absolute atomic E-state index is 3.61. The van der Waals surface area contributed by atoms with E-state index >= 15 is 0 Å². The maximum Gasteiger partial charge on any atom is 0.0181 e. The van der Waals surface area contributed by atoms with Crippen LogP contribution in [0.25, 0.3) is 0 Å². The molecule has 0 heterocycles. The number of hydrogen-bond donors (Lipinski definition) is 1. The second kappa shape index (κ2) is 6.03. The molecule has 74 valence electrons. The van der Waals surface area contributed by atoms with Gasteiger partial charge in [0.25, 0.3) is 0 Å². The van der Waals surface area contributed by atoms with E-state index in [4.69, 9.17) is 0 Å². The van der Waals surface area contributed by atoms with E-state index in [1.807, 2.05) is 0 Å². The fourth-order valence-corrected chi connectivity index (χ4v) is 1.24. The van der Waals surface area contributed by atoms with Gasteiger partial charge in [-0.1, -0.05) is 48.6 Å². The van der Waals surface area contributed by atoms with E-state index < -0.39 is 0 Å². The first kappa shape index (κ1) is 10.6. The van der Waals surface area contributed by atoms with E-state index in [0.29, 0.717) is 0 Å². The Balaban J connectivity index is 2.50. The minimum absolute atomic E-state index is 0.941. The number of rotatable bonds is 4. The van der Waals surface area contributed by atoms with Gasteiger partial charge in [-0.15, -0.1) is 0 Å². The van der Waals surface area contributed by atoms with Crippen molar-refractivity contribution in [1.29, 1.82) is 0 Å². The summed E-state index contributed by atoms with van der Waals surface area (Å²) in [6.07, 6.45) is 15.5. The predicted octanol–water partition coefficient (Wildman–Crippen LogP) is 3.11. The van der Waals surface area contributed by atoms with Gasteiger partial charge >= 0.3 is 0 Å². The van der Waals surface area contributed by atoms with Gasteiger partial charge < -0.3 is 5.32 Å². The van der Waals surface area contributed by atoms with Crippen LogP contribution in [0, 0.1) is 0 Å². The largest absolute Gasteiger partial charge is 0.391 e. The molecule has 14 heavy (non-hydrogen) atoms. The van der Waals surface area contributed by atoms with Crippen molar-refractivity contribution in [3.63, 3.8) is 0 Å². The Hall–Kier alpha value is -1.50. The SMILES string of the molecule is C=CNCCC1=C/C=C\C(C)=C/C=C\1. The van der Waals surface area contributed by atoms with Crippen LogP contribution < -0.4 is 5.32 Å². The fourth-order valence-electron chi connectivity index (χ4n) is 1.24. The molecule has 0 amide bonds. The van der Waals surface area contributed by atoms with Gasteiger partial charge in [-0.3, -0.25) is 0 Å². The first-order valence-corrected chi connectivity index (χ1v) is 4.89. The highest BCUT2D eigenvalue weighted by atomic mass is 14.8. The zero-order valence-corrected chi connectivity index (χ0v) is 8.66. The van der Waals surface area contributed by atoms with Gasteiger partial charge in [0, 0.05) is 6.54 Å². The lowest BCUT2D eigenvalue weighted by molar-refractivity contribution is 0.837. The summed E-state index contributed by atoms with van der Waals surface area (Å²) in [5.41, 5.74) is 2.61. The van der Waals surface area contributed by atoms with Crippen LogP contribution in [-0.2, 0) is 0 Å². The second-order valence-corrected chi connectivity index (χ2v) is 3.28. The summed E-state index contributed by atoms with van der Waals surface area (Å²) in [7, 11) is 0. The van der Waals surface area contributed by atoms with E-state index in [9.17, 15) is 0 Å². The molecule has 0 unspecified atom stereocenters. The van der Waals surface area contributed by atoms with Crippen LogP contribution in [0.3, 0.4) is 0 Å². The Kier molecular flexibility index (Phi) is 4.56. The average Bonchev–Trinajstić information content (AvgIpc) is 2.14. The van der Waals surface area contributed by atoms with Crippen LogP contribution in [0.15, 0.2) is 60.4 Å². The van der Waals surface area contributed by atoms with E-state index in [2.05, 4.69) is 55.3 Å². The van der Waals surface area contributed by atoms with E-state index in [1.54, 1.807) is 6.20 Å². The zero-order valence-electron chi connectivity index (χ0n) is 8.66. The normalized spacial score (nSPS) is 27.2. The van der Waals surface area contributed by atoms with Gasteiger partial charge in [0.05, 0.1) is 0 Å². The molecule has 1 heteroatoms. The molecule has 0 saturated heterocycles. The van der Waals surface area contributed by atoms with Crippen molar-refractivity contribution in [1.82, 2.24) is 5.32 Å².